The fourth-order valence-electron chi connectivity index (χ4n) is 1.55. The zero-order valence-corrected chi connectivity index (χ0v) is 12.1. The maximum atomic E-state index is 11.7. The predicted molar refractivity (Wildman–Crippen MR) is 73.1 cm³/mol. The Labute approximate surface area is 111 Å². The fourth-order valence-corrected chi connectivity index (χ4v) is 1.55. The van der Waals surface area contributed by atoms with Gasteiger partial charge in [0.25, 0.3) is 0 Å². The molecule has 0 aliphatic carbocycles. The smallest absolute Gasteiger partial charge is 0.306 e. The third kappa shape index (κ3) is 8.14. The van der Waals surface area contributed by atoms with Crippen LogP contribution in [0.25, 0.3) is 0 Å². The van der Waals surface area contributed by atoms with E-state index in [-0.39, 0.29) is 17.3 Å². The number of ether oxygens (including phenoxy) is 2. The second-order valence-corrected chi connectivity index (χ2v) is 5.51. The summed E-state index contributed by atoms with van der Waals surface area (Å²) in [5, 5.41) is 0. The topological polar surface area (TPSA) is 35.5 Å². The molecule has 0 rings (SSSR count). The number of carbonyl (C=O) groups excluding carboxylic acids is 1. The second-order valence-electron chi connectivity index (χ2n) is 5.51. The molecule has 0 aliphatic rings. The Morgan fingerprint density at radius 3 is 2.44 bits per heavy atom. The van der Waals surface area contributed by atoms with Crippen LogP contribution in [-0.2, 0) is 14.3 Å². The lowest BCUT2D eigenvalue weighted by Crippen LogP contribution is -2.24. The zero-order valence-electron chi connectivity index (χ0n) is 12.1. The molecule has 0 aromatic carbocycles. The molecular formula is C15H26O3. The quantitative estimate of drug-likeness (QED) is 0.379. The molecule has 0 aliphatic heterocycles. The molecule has 18 heavy (non-hydrogen) atoms. The third-order valence-corrected chi connectivity index (χ3v) is 2.84. The van der Waals surface area contributed by atoms with Crippen molar-refractivity contribution in [1.82, 2.24) is 0 Å². The van der Waals surface area contributed by atoms with Gasteiger partial charge in [0.05, 0.1) is 6.61 Å². The summed E-state index contributed by atoms with van der Waals surface area (Å²) in [6.45, 7) is 9.81. The summed E-state index contributed by atoms with van der Waals surface area (Å²) in [6.07, 6.45) is 7.29. The lowest BCUT2D eigenvalue weighted by molar-refractivity contribution is -0.147. The number of esters is 1. The molecule has 0 N–H and O–H groups in total. The van der Waals surface area contributed by atoms with Crippen LogP contribution in [0, 0.1) is 23.7 Å². The van der Waals surface area contributed by atoms with Gasteiger partial charge in [-0.15, -0.1) is 12.3 Å². The molecule has 0 amide bonds. The maximum absolute atomic E-state index is 11.7. The van der Waals surface area contributed by atoms with Crippen molar-refractivity contribution in [1.29, 1.82) is 0 Å². The summed E-state index contributed by atoms with van der Waals surface area (Å²) in [5.74, 6) is 2.60. The van der Waals surface area contributed by atoms with E-state index < -0.39 is 0 Å². The third-order valence-electron chi connectivity index (χ3n) is 2.84. The average molecular weight is 254 g/mol. The number of hydrogen-bond donors (Lipinski definition) is 0. The highest BCUT2D eigenvalue weighted by Crippen LogP contribution is 2.31. The standard InChI is InChI=1S/C15H26O3/c1-6-8-13(15(3,4)5)12-14(16)18-11-10-17-9-7-2/h1,13H,7-12H2,2-5H3. The van der Waals surface area contributed by atoms with Crippen LogP contribution in [0.3, 0.4) is 0 Å². The van der Waals surface area contributed by atoms with E-state index in [2.05, 4.69) is 26.7 Å². The van der Waals surface area contributed by atoms with Crippen molar-refractivity contribution in [3.05, 3.63) is 0 Å². The van der Waals surface area contributed by atoms with E-state index in [0.717, 1.165) is 6.42 Å². The average Bonchev–Trinajstić information content (AvgIpc) is 2.27. The van der Waals surface area contributed by atoms with Crippen molar-refractivity contribution in [3.8, 4) is 12.3 Å². The highest BCUT2D eigenvalue weighted by Gasteiger charge is 2.26. The van der Waals surface area contributed by atoms with Gasteiger partial charge in [-0.2, -0.15) is 0 Å². The molecule has 0 aromatic rings. The molecule has 0 bridgehead atoms. The lowest BCUT2D eigenvalue weighted by atomic mass is 9.77. The van der Waals surface area contributed by atoms with Crippen LogP contribution >= 0.6 is 0 Å². The Hall–Kier alpha value is -1.01. The molecule has 1 atom stereocenters. The normalized spacial score (nSPS) is 12.8. The Bertz CT molecular complexity index is 270. The molecule has 0 radical (unpaired) electrons. The first-order valence-corrected chi connectivity index (χ1v) is 6.58. The van der Waals surface area contributed by atoms with Crippen LogP contribution in [0.1, 0.15) is 47.0 Å². The Morgan fingerprint density at radius 1 is 1.28 bits per heavy atom. The monoisotopic (exact) mass is 254 g/mol. The summed E-state index contributed by atoms with van der Waals surface area (Å²) in [7, 11) is 0. The summed E-state index contributed by atoms with van der Waals surface area (Å²) in [4.78, 5) is 11.7. The lowest BCUT2D eigenvalue weighted by Gasteiger charge is -2.28. The van der Waals surface area contributed by atoms with Crippen molar-refractivity contribution in [2.24, 2.45) is 11.3 Å². The van der Waals surface area contributed by atoms with Crippen molar-refractivity contribution >= 4 is 5.97 Å². The van der Waals surface area contributed by atoms with E-state index in [0.29, 0.717) is 32.7 Å². The van der Waals surface area contributed by atoms with E-state index in [1.165, 1.54) is 0 Å². The summed E-state index contributed by atoms with van der Waals surface area (Å²) in [5.41, 5.74) is 0.0180. The van der Waals surface area contributed by atoms with E-state index in [9.17, 15) is 4.79 Å². The zero-order chi connectivity index (χ0) is 14.0. The van der Waals surface area contributed by atoms with E-state index in [1.807, 2.05) is 6.92 Å². The molecule has 0 saturated heterocycles. The minimum absolute atomic E-state index is 0.0180. The van der Waals surface area contributed by atoms with Gasteiger partial charge in [-0.1, -0.05) is 27.7 Å². The van der Waals surface area contributed by atoms with Crippen molar-refractivity contribution < 1.29 is 14.3 Å². The number of carbonyl (C=O) groups is 1. The summed E-state index contributed by atoms with van der Waals surface area (Å²) < 4.78 is 10.4. The molecule has 0 spiro atoms. The fraction of sp³-hybridized carbons (Fsp3) is 0.800. The van der Waals surface area contributed by atoms with Gasteiger partial charge in [-0.25, -0.2) is 0 Å². The van der Waals surface area contributed by atoms with Crippen LogP contribution in [-0.4, -0.2) is 25.8 Å². The van der Waals surface area contributed by atoms with Gasteiger partial charge in [0.15, 0.2) is 0 Å². The first kappa shape index (κ1) is 17.0. The van der Waals surface area contributed by atoms with E-state index >= 15 is 0 Å². The van der Waals surface area contributed by atoms with Gasteiger partial charge in [-0.3, -0.25) is 4.79 Å². The van der Waals surface area contributed by atoms with Crippen LogP contribution in [0.2, 0.25) is 0 Å². The molecule has 104 valence electrons. The molecule has 0 fully saturated rings. The van der Waals surface area contributed by atoms with E-state index in [4.69, 9.17) is 15.9 Å². The molecule has 3 heteroatoms. The van der Waals surface area contributed by atoms with Crippen molar-refractivity contribution in [2.45, 2.75) is 47.0 Å². The number of rotatable bonds is 8. The summed E-state index contributed by atoms with van der Waals surface area (Å²) in [6, 6.07) is 0. The van der Waals surface area contributed by atoms with Crippen LogP contribution in [0.15, 0.2) is 0 Å². The maximum Gasteiger partial charge on any atom is 0.306 e. The predicted octanol–water partition coefficient (Wildman–Crippen LogP) is 3.03. The van der Waals surface area contributed by atoms with Gasteiger partial charge < -0.3 is 9.47 Å². The largest absolute Gasteiger partial charge is 0.463 e. The molecular weight excluding hydrogens is 228 g/mol. The molecule has 3 nitrogen and oxygen atoms in total. The highest BCUT2D eigenvalue weighted by molar-refractivity contribution is 5.69. The number of terminal acetylenes is 1. The van der Waals surface area contributed by atoms with Gasteiger partial charge in [0.2, 0.25) is 0 Å². The second kappa shape index (κ2) is 8.99. The van der Waals surface area contributed by atoms with Crippen LogP contribution < -0.4 is 0 Å². The van der Waals surface area contributed by atoms with Gasteiger partial charge in [0, 0.05) is 19.4 Å². The molecule has 0 saturated carbocycles. The van der Waals surface area contributed by atoms with Crippen molar-refractivity contribution in [2.75, 3.05) is 19.8 Å². The Balaban J connectivity index is 3.93. The van der Waals surface area contributed by atoms with Gasteiger partial charge >= 0.3 is 5.97 Å². The molecule has 0 heterocycles. The van der Waals surface area contributed by atoms with Gasteiger partial charge in [0.1, 0.15) is 6.61 Å². The van der Waals surface area contributed by atoms with Gasteiger partial charge in [-0.05, 0) is 17.8 Å². The summed E-state index contributed by atoms with van der Waals surface area (Å²) >= 11 is 0. The first-order valence-electron chi connectivity index (χ1n) is 6.58. The van der Waals surface area contributed by atoms with Crippen LogP contribution in [0.5, 0.6) is 0 Å². The molecule has 0 aromatic heterocycles. The minimum Gasteiger partial charge on any atom is -0.463 e. The SMILES string of the molecule is C#CCC(CC(=O)OCCOCCC)C(C)(C)C. The molecule has 1 unspecified atom stereocenters. The first-order chi connectivity index (χ1) is 8.41. The van der Waals surface area contributed by atoms with Crippen LogP contribution in [0.4, 0.5) is 0 Å². The Kier molecular flexibility index (Phi) is 8.49. The minimum atomic E-state index is -0.190. The highest BCUT2D eigenvalue weighted by atomic mass is 16.6. The number of hydrogen-bond acceptors (Lipinski definition) is 3. The van der Waals surface area contributed by atoms with Crippen molar-refractivity contribution in [3.63, 3.8) is 0 Å². The van der Waals surface area contributed by atoms with E-state index in [1.54, 1.807) is 0 Å². The Morgan fingerprint density at radius 2 is 1.94 bits per heavy atom.